The molecule has 1 amide bonds. The molecule has 1 atom stereocenters. The molecule has 0 aromatic heterocycles. The fraction of sp³-hybridized carbons (Fsp3) is 0.300. The smallest absolute Gasteiger partial charge is 0.232 e. The van der Waals surface area contributed by atoms with E-state index < -0.39 is 10.0 Å². The maximum atomic E-state index is 12.8. The van der Waals surface area contributed by atoms with E-state index in [1.54, 1.807) is 29.2 Å². The van der Waals surface area contributed by atoms with Crippen LogP contribution in [0.15, 0.2) is 48.5 Å². The SMILES string of the molecule is CC1Cc2ccccc2N1C(=O)CCN(c1ccc(C#N)cc1)S(C)(=O)=O. The first-order chi connectivity index (χ1) is 12.8. The summed E-state index contributed by atoms with van der Waals surface area (Å²) in [6.45, 7) is 2.04. The number of sulfonamides is 1. The van der Waals surface area contributed by atoms with E-state index in [1.807, 2.05) is 37.3 Å². The molecule has 0 N–H and O–H groups in total. The number of hydrogen-bond acceptors (Lipinski definition) is 4. The number of para-hydroxylation sites is 1. The van der Waals surface area contributed by atoms with Crippen molar-refractivity contribution in [2.75, 3.05) is 22.0 Å². The Labute approximate surface area is 159 Å². The van der Waals surface area contributed by atoms with Gasteiger partial charge in [-0.15, -0.1) is 0 Å². The fourth-order valence-electron chi connectivity index (χ4n) is 3.45. The molecule has 1 aliphatic heterocycles. The molecule has 0 radical (unpaired) electrons. The average molecular weight is 383 g/mol. The number of anilines is 2. The van der Waals surface area contributed by atoms with Gasteiger partial charge >= 0.3 is 0 Å². The molecule has 1 heterocycles. The molecule has 6 nitrogen and oxygen atoms in total. The molecule has 3 rings (SSSR count). The lowest BCUT2D eigenvalue weighted by molar-refractivity contribution is -0.118. The molecule has 0 saturated heterocycles. The molecule has 0 fully saturated rings. The summed E-state index contributed by atoms with van der Waals surface area (Å²) in [5.74, 6) is -0.102. The van der Waals surface area contributed by atoms with Crippen LogP contribution in [0.3, 0.4) is 0 Å². The second-order valence-electron chi connectivity index (χ2n) is 6.69. The molecular formula is C20H21N3O3S. The normalized spacial score (nSPS) is 15.9. The number of nitriles is 1. The summed E-state index contributed by atoms with van der Waals surface area (Å²) in [7, 11) is -3.55. The largest absolute Gasteiger partial charge is 0.309 e. The topological polar surface area (TPSA) is 81.5 Å². The van der Waals surface area contributed by atoms with Crippen molar-refractivity contribution >= 4 is 27.3 Å². The van der Waals surface area contributed by atoms with Gasteiger partial charge in [0.05, 0.1) is 23.6 Å². The maximum absolute atomic E-state index is 12.8. The number of rotatable bonds is 5. The van der Waals surface area contributed by atoms with Crippen molar-refractivity contribution in [3.8, 4) is 6.07 Å². The van der Waals surface area contributed by atoms with Crippen LogP contribution in [0.2, 0.25) is 0 Å². The predicted octanol–water partition coefficient (Wildman–Crippen LogP) is 2.69. The Morgan fingerprint density at radius 3 is 2.52 bits per heavy atom. The number of hydrogen-bond donors (Lipinski definition) is 0. The zero-order valence-electron chi connectivity index (χ0n) is 15.3. The van der Waals surface area contributed by atoms with Crippen LogP contribution in [-0.4, -0.2) is 33.2 Å². The van der Waals surface area contributed by atoms with Crippen molar-refractivity contribution in [1.29, 1.82) is 5.26 Å². The van der Waals surface area contributed by atoms with E-state index >= 15 is 0 Å². The average Bonchev–Trinajstić information content (AvgIpc) is 2.97. The van der Waals surface area contributed by atoms with Crippen molar-refractivity contribution in [3.05, 3.63) is 59.7 Å². The van der Waals surface area contributed by atoms with Crippen molar-refractivity contribution in [3.63, 3.8) is 0 Å². The third-order valence-electron chi connectivity index (χ3n) is 4.69. The van der Waals surface area contributed by atoms with Crippen LogP contribution >= 0.6 is 0 Å². The Bertz CT molecular complexity index is 994. The van der Waals surface area contributed by atoms with Crippen LogP contribution in [0.4, 0.5) is 11.4 Å². The highest BCUT2D eigenvalue weighted by Gasteiger charge is 2.31. The van der Waals surface area contributed by atoms with Gasteiger partial charge in [0.2, 0.25) is 15.9 Å². The molecule has 2 aromatic carbocycles. The number of carbonyl (C=O) groups is 1. The molecule has 0 saturated carbocycles. The lowest BCUT2D eigenvalue weighted by Gasteiger charge is -2.26. The van der Waals surface area contributed by atoms with Crippen molar-refractivity contribution < 1.29 is 13.2 Å². The first-order valence-electron chi connectivity index (χ1n) is 8.69. The molecule has 7 heteroatoms. The van der Waals surface area contributed by atoms with Gasteiger partial charge in [0.15, 0.2) is 0 Å². The molecule has 0 spiro atoms. The van der Waals surface area contributed by atoms with E-state index in [-0.39, 0.29) is 24.9 Å². The van der Waals surface area contributed by atoms with Gasteiger partial charge in [-0.2, -0.15) is 5.26 Å². The predicted molar refractivity (Wildman–Crippen MR) is 105 cm³/mol. The Morgan fingerprint density at radius 1 is 1.22 bits per heavy atom. The molecule has 140 valence electrons. The van der Waals surface area contributed by atoms with Crippen LogP contribution in [0.1, 0.15) is 24.5 Å². The number of nitrogens with zero attached hydrogens (tertiary/aromatic N) is 3. The molecular weight excluding hydrogens is 362 g/mol. The maximum Gasteiger partial charge on any atom is 0.232 e. The van der Waals surface area contributed by atoms with E-state index in [2.05, 4.69) is 0 Å². The Hall–Kier alpha value is -2.85. The molecule has 0 bridgehead atoms. The molecule has 1 aliphatic rings. The minimum atomic E-state index is -3.55. The highest BCUT2D eigenvalue weighted by molar-refractivity contribution is 7.92. The van der Waals surface area contributed by atoms with E-state index in [0.29, 0.717) is 11.3 Å². The summed E-state index contributed by atoms with van der Waals surface area (Å²) in [4.78, 5) is 14.6. The van der Waals surface area contributed by atoms with Gasteiger partial charge in [-0.05, 0) is 49.2 Å². The number of benzene rings is 2. The summed E-state index contributed by atoms with van der Waals surface area (Å²) in [6.07, 6.45) is 1.99. The van der Waals surface area contributed by atoms with Crippen LogP contribution < -0.4 is 9.21 Å². The second kappa shape index (κ2) is 7.41. The van der Waals surface area contributed by atoms with E-state index in [9.17, 15) is 13.2 Å². The molecule has 27 heavy (non-hydrogen) atoms. The third-order valence-corrected chi connectivity index (χ3v) is 5.88. The molecule has 1 unspecified atom stereocenters. The van der Waals surface area contributed by atoms with Gasteiger partial charge in [0.25, 0.3) is 0 Å². The highest BCUT2D eigenvalue weighted by Crippen LogP contribution is 2.32. The summed E-state index contributed by atoms with van der Waals surface area (Å²) in [5, 5.41) is 8.90. The molecule has 2 aromatic rings. The standard InChI is InChI=1S/C20H21N3O3S/c1-15-13-17-5-3-4-6-19(17)23(15)20(24)11-12-22(27(2,25)26)18-9-7-16(14-21)8-10-18/h3-10,15H,11-13H2,1-2H3. The van der Waals surface area contributed by atoms with Crippen molar-refractivity contribution in [2.45, 2.75) is 25.8 Å². The number of fused-ring (bicyclic) bond motifs is 1. The Kier molecular flexibility index (Phi) is 5.19. The summed E-state index contributed by atoms with van der Waals surface area (Å²) >= 11 is 0. The fourth-order valence-corrected chi connectivity index (χ4v) is 4.38. The minimum absolute atomic E-state index is 0.0505. The van der Waals surface area contributed by atoms with Crippen LogP contribution in [0.25, 0.3) is 0 Å². The summed E-state index contributed by atoms with van der Waals surface area (Å²) in [5.41, 5.74) is 2.93. The summed E-state index contributed by atoms with van der Waals surface area (Å²) < 4.78 is 25.6. The first-order valence-corrected chi connectivity index (χ1v) is 10.5. The van der Waals surface area contributed by atoms with E-state index in [4.69, 9.17) is 5.26 Å². The van der Waals surface area contributed by atoms with Gasteiger partial charge in [0, 0.05) is 24.7 Å². The quantitative estimate of drug-likeness (QED) is 0.795. The Morgan fingerprint density at radius 2 is 1.89 bits per heavy atom. The van der Waals surface area contributed by atoms with Crippen molar-refractivity contribution in [2.24, 2.45) is 0 Å². The third kappa shape index (κ3) is 3.96. The minimum Gasteiger partial charge on any atom is -0.309 e. The number of carbonyl (C=O) groups excluding carboxylic acids is 1. The van der Waals surface area contributed by atoms with Gasteiger partial charge < -0.3 is 4.90 Å². The van der Waals surface area contributed by atoms with E-state index in [1.165, 1.54) is 4.31 Å². The zero-order valence-corrected chi connectivity index (χ0v) is 16.1. The summed E-state index contributed by atoms with van der Waals surface area (Å²) in [6, 6.07) is 16.1. The highest BCUT2D eigenvalue weighted by atomic mass is 32.2. The molecule has 0 aliphatic carbocycles. The van der Waals surface area contributed by atoms with Gasteiger partial charge in [0.1, 0.15) is 0 Å². The number of amides is 1. The first kappa shape index (κ1) is 18.9. The van der Waals surface area contributed by atoms with Crippen molar-refractivity contribution in [1.82, 2.24) is 0 Å². The lowest BCUT2D eigenvalue weighted by atomic mass is 10.1. The van der Waals surface area contributed by atoms with Crippen LogP contribution in [0.5, 0.6) is 0 Å². The van der Waals surface area contributed by atoms with Gasteiger partial charge in [-0.25, -0.2) is 8.42 Å². The lowest BCUT2D eigenvalue weighted by Crippen LogP contribution is -2.39. The van der Waals surface area contributed by atoms with E-state index in [0.717, 1.165) is 23.9 Å². The second-order valence-corrected chi connectivity index (χ2v) is 8.60. The van der Waals surface area contributed by atoms with Crippen LogP contribution in [0, 0.1) is 11.3 Å². The zero-order chi connectivity index (χ0) is 19.6. The van der Waals surface area contributed by atoms with Gasteiger partial charge in [-0.3, -0.25) is 9.10 Å². The van der Waals surface area contributed by atoms with Crippen LogP contribution in [-0.2, 0) is 21.2 Å². The monoisotopic (exact) mass is 383 g/mol. The van der Waals surface area contributed by atoms with Gasteiger partial charge in [-0.1, -0.05) is 18.2 Å². The Balaban J connectivity index is 1.78.